The van der Waals surface area contributed by atoms with Crippen LogP contribution in [0, 0.1) is 5.92 Å². The molecule has 102 valence electrons. The number of nitrogens with zero attached hydrogens (tertiary/aromatic N) is 1. The molecular formula is C16H21NO2. The van der Waals surface area contributed by atoms with Crippen LogP contribution in [0.15, 0.2) is 23.4 Å². The molecule has 0 radical (unpaired) electrons. The highest BCUT2D eigenvalue weighted by molar-refractivity contribution is 6.02. The second-order valence-electron chi connectivity index (χ2n) is 5.64. The number of rotatable bonds is 3. The van der Waals surface area contributed by atoms with Crippen LogP contribution in [0.25, 0.3) is 0 Å². The van der Waals surface area contributed by atoms with Crippen LogP contribution in [0.5, 0.6) is 5.75 Å². The molecule has 0 atom stereocenters. The zero-order valence-electron chi connectivity index (χ0n) is 11.3. The van der Waals surface area contributed by atoms with Crippen molar-refractivity contribution >= 4 is 5.71 Å². The maximum Gasteiger partial charge on any atom is 0.123 e. The molecule has 0 amide bonds. The summed E-state index contributed by atoms with van der Waals surface area (Å²) in [6, 6.07) is 6.08. The minimum Gasteiger partial charge on any atom is -0.493 e. The molecule has 0 aliphatic heterocycles. The van der Waals surface area contributed by atoms with Crippen molar-refractivity contribution in [3.63, 3.8) is 0 Å². The van der Waals surface area contributed by atoms with E-state index in [0.29, 0.717) is 0 Å². The molecule has 1 fully saturated rings. The van der Waals surface area contributed by atoms with Crippen LogP contribution in [0.1, 0.15) is 49.7 Å². The Balaban J connectivity index is 1.78. The Hall–Kier alpha value is -1.51. The fraction of sp³-hybridized carbons (Fsp3) is 0.562. The van der Waals surface area contributed by atoms with Crippen LogP contribution in [0.4, 0.5) is 0 Å². The molecule has 0 aromatic heterocycles. The Kier molecular flexibility index (Phi) is 3.72. The molecule has 0 spiro atoms. The molecule has 0 unspecified atom stereocenters. The van der Waals surface area contributed by atoms with Crippen molar-refractivity contribution in [1.29, 1.82) is 0 Å². The van der Waals surface area contributed by atoms with Crippen molar-refractivity contribution in [2.75, 3.05) is 6.61 Å². The van der Waals surface area contributed by atoms with Gasteiger partial charge in [-0.15, -0.1) is 0 Å². The van der Waals surface area contributed by atoms with Gasteiger partial charge in [-0.25, -0.2) is 0 Å². The van der Waals surface area contributed by atoms with Crippen molar-refractivity contribution < 1.29 is 9.94 Å². The fourth-order valence-electron chi connectivity index (χ4n) is 3.28. The van der Waals surface area contributed by atoms with Crippen LogP contribution in [0.2, 0.25) is 0 Å². The zero-order chi connectivity index (χ0) is 13.1. The standard InChI is InChI=1S/C16H21NO2/c18-17-15-9-3-8-14-13(15)7-4-10-16(14)19-11-12-5-1-2-6-12/h4,7,10,12,18H,1-3,5-6,8-9,11H2/b17-15-. The molecule has 1 aromatic rings. The van der Waals surface area contributed by atoms with E-state index in [1.165, 1.54) is 31.2 Å². The molecular weight excluding hydrogens is 238 g/mol. The topological polar surface area (TPSA) is 41.8 Å². The minimum atomic E-state index is 0.727. The van der Waals surface area contributed by atoms with Crippen LogP contribution >= 0.6 is 0 Å². The van der Waals surface area contributed by atoms with Gasteiger partial charge in [0.15, 0.2) is 0 Å². The Morgan fingerprint density at radius 3 is 2.79 bits per heavy atom. The van der Waals surface area contributed by atoms with Crippen LogP contribution in [-0.2, 0) is 6.42 Å². The van der Waals surface area contributed by atoms with Crippen LogP contribution in [-0.4, -0.2) is 17.5 Å². The van der Waals surface area contributed by atoms with E-state index in [0.717, 1.165) is 48.8 Å². The number of ether oxygens (including phenoxy) is 1. The van der Waals surface area contributed by atoms with Crippen molar-refractivity contribution in [1.82, 2.24) is 0 Å². The van der Waals surface area contributed by atoms with Gasteiger partial charge in [-0.2, -0.15) is 0 Å². The lowest BCUT2D eigenvalue weighted by Gasteiger charge is -2.21. The van der Waals surface area contributed by atoms with E-state index in [1.807, 2.05) is 18.2 Å². The number of hydrogen-bond donors (Lipinski definition) is 1. The van der Waals surface area contributed by atoms with Crippen molar-refractivity contribution in [3.05, 3.63) is 29.3 Å². The third-order valence-electron chi connectivity index (χ3n) is 4.35. The highest BCUT2D eigenvalue weighted by Crippen LogP contribution is 2.31. The number of hydrogen-bond acceptors (Lipinski definition) is 3. The molecule has 2 aliphatic rings. The number of benzene rings is 1. The third kappa shape index (κ3) is 2.60. The summed E-state index contributed by atoms with van der Waals surface area (Å²) in [6.07, 6.45) is 8.22. The second kappa shape index (κ2) is 5.64. The molecule has 1 N–H and O–H groups in total. The van der Waals surface area contributed by atoms with E-state index >= 15 is 0 Å². The summed E-state index contributed by atoms with van der Waals surface area (Å²) >= 11 is 0. The van der Waals surface area contributed by atoms with Gasteiger partial charge < -0.3 is 9.94 Å². The normalized spacial score (nSPS) is 21.6. The highest BCUT2D eigenvalue weighted by Gasteiger charge is 2.21. The first-order valence-electron chi connectivity index (χ1n) is 7.34. The van der Waals surface area contributed by atoms with Crippen molar-refractivity contribution in [2.24, 2.45) is 11.1 Å². The summed E-state index contributed by atoms with van der Waals surface area (Å²) in [7, 11) is 0. The summed E-state index contributed by atoms with van der Waals surface area (Å²) < 4.78 is 6.04. The van der Waals surface area contributed by atoms with E-state index in [2.05, 4.69) is 5.16 Å². The molecule has 19 heavy (non-hydrogen) atoms. The Labute approximate surface area is 114 Å². The summed E-state index contributed by atoms with van der Waals surface area (Å²) in [4.78, 5) is 0. The summed E-state index contributed by atoms with van der Waals surface area (Å²) in [5.41, 5.74) is 3.09. The monoisotopic (exact) mass is 259 g/mol. The van der Waals surface area contributed by atoms with E-state index in [-0.39, 0.29) is 0 Å². The molecule has 0 saturated heterocycles. The molecule has 3 heteroatoms. The summed E-state index contributed by atoms with van der Waals surface area (Å²) in [6.45, 7) is 0.835. The average Bonchev–Trinajstić information content (AvgIpc) is 2.97. The van der Waals surface area contributed by atoms with Gasteiger partial charge in [0.2, 0.25) is 0 Å². The summed E-state index contributed by atoms with van der Waals surface area (Å²) in [5.74, 6) is 1.72. The first kappa shape index (κ1) is 12.5. The van der Waals surface area contributed by atoms with E-state index in [1.54, 1.807) is 0 Å². The molecule has 1 aromatic carbocycles. The first-order chi connectivity index (χ1) is 9.38. The third-order valence-corrected chi connectivity index (χ3v) is 4.35. The predicted octanol–water partition coefficient (Wildman–Crippen LogP) is 3.77. The largest absolute Gasteiger partial charge is 0.493 e. The summed E-state index contributed by atoms with van der Waals surface area (Å²) in [5, 5.41) is 12.5. The maximum atomic E-state index is 9.08. The van der Waals surface area contributed by atoms with Crippen LogP contribution in [0.3, 0.4) is 0 Å². The molecule has 3 rings (SSSR count). The fourth-order valence-corrected chi connectivity index (χ4v) is 3.28. The molecule has 0 heterocycles. The minimum absolute atomic E-state index is 0.727. The molecule has 1 saturated carbocycles. The van der Waals surface area contributed by atoms with Gasteiger partial charge in [0.1, 0.15) is 5.75 Å². The Bertz CT molecular complexity index is 476. The van der Waals surface area contributed by atoms with Gasteiger partial charge in [-0.1, -0.05) is 30.1 Å². The van der Waals surface area contributed by atoms with Crippen molar-refractivity contribution in [3.8, 4) is 5.75 Å². The molecule has 2 aliphatic carbocycles. The quantitative estimate of drug-likeness (QED) is 0.663. The SMILES string of the molecule is O/N=C1/CCCc2c(OCC3CCCC3)cccc21. The van der Waals surface area contributed by atoms with Gasteiger partial charge in [-0.05, 0) is 44.1 Å². The van der Waals surface area contributed by atoms with Gasteiger partial charge in [0.25, 0.3) is 0 Å². The first-order valence-corrected chi connectivity index (χ1v) is 7.34. The second-order valence-corrected chi connectivity index (χ2v) is 5.64. The van der Waals surface area contributed by atoms with E-state index in [9.17, 15) is 0 Å². The number of fused-ring (bicyclic) bond motifs is 1. The van der Waals surface area contributed by atoms with Crippen LogP contribution < -0.4 is 4.74 Å². The number of oxime groups is 1. The van der Waals surface area contributed by atoms with E-state index < -0.39 is 0 Å². The highest BCUT2D eigenvalue weighted by atomic mass is 16.5. The van der Waals surface area contributed by atoms with Gasteiger partial charge in [0, 0.05) is 11.1 Å². The lowest BCUT2D eigenvalue weighted by molar-refractivity contribution is 0.249. The molecule has 3 nitrogen and oxygen atoms in total. The predicted molar refractivity (Wildman–Crippen MR) is 75.2 cm³/mol. The Morgan fingerprint density at radius 2 is 2.00 bits per heavy atom. The zero-order valence-corrected chi connectivity index (χ0v) is 11.3. The molecule has 0 bridgehead atoms. The smallest absolute Gasteiger partial charge is 0.123 e. The lowest BCUT2D eigenvalue weighted by atomic mass is 9.89. The van der Waals surface area contributed by atoms with Crippen molar-refractivity contribution in [2.45, 2.75) is 44.9 Å². The Morgan fingerprint density at radius 1 is 1.16 bits per heavy atom. The van der Waals surface area contributed by atoms with Gasteiger partial charge in [-0.3, -0.25) is 0 Å². The lowest BCUT2D eigenvalue weighted by Crippen LogP contribution is -2.15. The maximum absolute atomic E-state index is 9.08. The van der Waals surface area contributed by atoms with E-state index in [4.69, 9.17) is 9.94 Å². The van der Waals surface area contributed by atoms with Gasteiger partial charge in [0.05, 0.1) is 12.3 Å². The van der Waals surface area contributed by atoms with Gasteiger partial charge >= 0.3 is 0 Å². The average molecular weight is 259 g/mol.